The predicted molar refractivity (Wildman–Crippen MR) is 116 cm³/mol. The summed E-state index contributed by atoms with van der Waals surface area (Å²) in [6, 6.07) is 13.8. The molecule has 1 aliphatic heterocycles. The van der Waals surface area contributed by atoms with Crippen molar-refractivity contribution in [1.29, 1.82) is 0 Å². The highest BCUT2D eigenvalue weighted by Gasteiger charge is 2.46. The van der Waals surface area contributed by atoms with Crippen LogP contribution in [0.1, 0.15) is 27.6 Å². The maximum Gasteiger partial charge on any atom is 0.295 e. The van der Waals surface area contributed by atoms with Crippen molar-refractivity contribution in [3.05, 3.63) is 92.9 Å². The summed E-state index contributed by atoms with van der Waals surface area (Å²) in [6.45, 7) is 1.95. The number of rotatable bonds is 5. The van der Waals surface area contributed by atoms with Crippen LogP contribution >= 0.6 is 11.3 Å². The first-order valence-corrected chi connectivity index (χ1v) is 10.5. The topological polar surface area (TPSA) is 66.8 Å². The number of aliphatic hydroxyl groups excluding tert-OH is 1. The first-order valence-electron chi connectivity index (χ1n) is 9.62. The minimum atomic E-state index is -0.744. The van der Waals surface area contributed by atoms with E-state index in [1.165, 1.54) is 28.4 Å². The average molecular weight is 437 g/mol. The van der Waals surface area contributed by atoms with Gasteiger partial charge >= 0.3 is 0 Å². The van der Waals surface area contributed by atoms with Crippen molar-refractivity contribution in [2.24, 2.45) is 0 Å². The number of nitrogens with zero attached hydrogens (tertiary/aromatic N) is 1. The number of carbonyl (C=O) groups excluding carboxylic acids is 2. The van der Waals surface area contributed by atoms with E-state index in [0.717, 1.165) is 10.4 Å². The Bertz CT molecular complexity index is 1170. The number of Topliss-reactive ketones (excluding diaryl/α,β-unsaturated/α-hetero) is 1. The van der Waals surface area contributed by atoms with Gasteiger partial charge in [0.05, 0.1) is 18.7 Å². The number of halogens is 1. The van der Waals surface area contributed by atoms with Gasteiger partial charge in [0.25, 0.3) is 11.7 Å². The third kappa shape index (κ3) is 3.84. The van der Waals surface area contributed by atoms with Crippen molar-refractivity contribution >= 4 is 28.8 Å². The molecule has 2 aromatic carbocycles. The fourth-order valence-corrected chi connectivity index (χ4v) is 4.60. The molecule has 31 heavy (non-hydrogen) atoms. The van der Waals surface area contributed by atoms with Gasteiger partial charge in [-0.3, -0.25) is 9.59 Å². The Balaban J connectivity index is 1.81. The van der Waals surface area contributed by atoms with E-state index in [2.05, 4.69) is 0 Å². The maximum absolute atomic E-state index is 13.3. The normalized spacial score (nSPS) is 17.9. The number of carbonyl (C=O) groups is 2. The van der Waals surface area contributed by atoms with Crippen LogP contribution in [0.5, 0.6) is 5.75 Å². The van der Waals surface area contributed by atoms with Crippen LogP contribution in [-0.2, 0) is 16.1 Å². The molecule has 1 fully saturated rings. The summed E-state index contributed by atoms with van der Waals surface area (Å²) in [7, 11) is 1.56. The zero-order valence-corrected chi connectivity index (χ0v) is 17.8. The number of ketones is 1. The van der Waals surface area contributed by atoms with Crippen LogP contribution in [0.25, 0.3) is 5.76 Å². The number of benzene rings is 2. The van der Waals surface area contributed by atoms with Crippen LogP contribution in [-0.4, -0.2) is 28.8 Å². The van der Waals surface area contributed by atoms with E-state index in [4.69, 9.17) is 4.74 Å². The molecule has 1 N–H and O–H groups in total. The third-order valence-electron chi connectivity index (χ3n) is 5.29. The monoisotopic (exact) mass is 437 g/mol. The maximum atomic E-state index is 13.3. The van der Waals surface area contributed by atoms with E-state index < -0.39 is 17.7 Å². The summed E-state index contributed by atoms with van der Waals surface area (Å²) < 4.78 is 18.6. The van der Waals surface area contributed by atoms with Gasteiger partial charge in [-0.25, -0.2) is 4.39 Å². The molecule has 1 amide bonds. The lowest BCUT2D eigenvalue weighted by Gasteiger charge is -2.24. The molecule has 0 spiro atoms. The van der Waals surface area contributed by atoms with E-state index in [1.54, 1.807) is 37.4 Å². The summed E-state index contributed by atoms with van der Waals surface area (Å²) >= 11 is 1.40. The van der Waals surface area contributed by atoms with Crippen LogP contribution in [0.4, 0.5) is 4.39 Å². The Morgan fingerprint density at radius 2 is 1.90 bits per heavy atom. The second kappa shape index (κ2) is 8.35. The molecule has 1 aliphatic rings. The Kier molecular flexibility index (Phi) is 5.61. The predicted octanol–water partition coefficient (Wildman–Crippen LogP) is 4.83. The average Bonchev–Trinajstić information content (AvgIpc) is 3.37. The summed E-state index contributed by atoms with van der Waals surface area (Å²) in [5.41, 5.74) is 1.95. The molecule has 1 saturated heterocycles. The number of aliphatic hydroxyl groups is 1. The summed E-state index contributed by atoms with van der Waals surface area (Å²) in [5, 5.41) is 12.9. The van der Waals surface area contributed by atoms with Crippen molar-refractivity contribution in [3.63, 3.8) is 0 Å². The third-order valence-corrected chi connectivity index (χ3v) is 6.21. The van der Waals surface area contributed by atoms with Crippen molar-refractivity contribution in [2.75, 3.05) is 7.11 Å². The van der Waals surface area contributed by atoms with Crippen LogP contribution in [0, 0.1) is 12.7 Å². The van der Waals surface area contributed by atoms with Gasteiger partial charge in [-0.15, -0.1) is 11.3 Å². The number of amides is 1. The molecule has 1 aromatic heterocycles. The number of hydrogen-bond acceptors (Lipinski definition) is 5. The fraction of sp³-hybridized carbons (Fsp3) is 0.167. The Hall–Kier alpha value is -3.45. The van der Waals surface area contributed by atoms with E-state index >= 15 is 0 Å². The van der Waals surface area contributed by atoms with Gasteiger partial charge in [0, 0.05) is 17.0 Å². The number of hydrogen-bond donors (Lipinski definition) is 1. The molecule has 7 heteroatoms. The number of likely N-dealkylation sites (tertiary alicyclic amines) is 1. The van der Waals surface area contributed by atoms with E-state index in [1.807, 2.05) is 24.4 Å². The number of methoxy groups -OCH3 is 1. The zero-order chi connectivity index (χ0) is 22.1. The fourth-order valence-electron chi connectivity index (χ4n) is 3.75. The van der Waals surface area contributed by atoms with Gasteiger partial charge in [0.2, 0.25) is 0 Å². The number of thiophene rings is 1. The Labute approximate surface area is 183 Å². The lowest BCUT2D eigenvalue weighted by molar-refractivity contribution is -0.140. The quantitative estimate of drug-likeness (QED) is 0.353. The summed E-state index contributed by atoms with van der Waals surface area (Å²) in [4.78, 5) is 28.1. The van der Waals surface area contributed by atoms with Gasteiger partial charge in [-0.05, 0) is 59.8 Å². The second-order valence-corrected chi connectivity index (χ2v) is 8.23. The van der Waals surface area contributed by atoms with E-state index in [0.29, 0.717) is 16.9 Å². The van der Waals surface area contributed by atoms with Gasteiger partial charge in [0.1, 0.15) is 17.3 Å². The van der Waals surface area contributed by atoms with Crippen LogP contribution in [0.15, 0.2) is 65.6 Å². The standard InChI is InChI=1S/C24H20FNO4S/c1-14-12-16(7-10-18(14)30-2)22(27)20-21(19-4-3-11-31-19)26(24(29)23(20)28)13-15-5-8-17(25)9-6-15/h3-12,21,27H,13H2,1-2H3/b22-20-. The van der Waals surface area contributed by atoms with Gasteiger partial charge in [-0.2, -0.15) is 0 Å². The molecular weight excluding hydrogens is 417 g/mol. The molecule has 3 aromatic rings. The number of ether oxygens (including phenoxy) is 1. The highest BCUT2D eigenvalue weighted by molar-refractivity contribution is 7.10. The molecule has 0 aliphatic carbocycles. The Morgan fingerprint density at radius 3 is 2.52 bits per heavy atom. The molecular formula is C24H20FNO4S. The summed E-state index contributed by atoms with van der Waals surface area (Å²) in [6.07, 6.45) is 0. The van der Waals surface area contributed by atoms with Crippen LogP contribution in [0.2, 0.25) is 0 Å². The molecule has 1 atom stereocenters. The smallest absolute Gasteiger partial charge is 0.295 e. The SMILES string of the molecule is COc1ccc(/C(O)=C2/C(=O)C(=O)N(Cc3ccc(F)cc3)C2c2cccs2)cc1C. The van der Waals surface area contributed by atoms with Crippen molar-refractivity contribution in [1.82, 2.24) is 4.90 Å². The number of aryl methyl sites for hydroxylation is 1. The van der Waals surface area contributed by atoms with Gasteiger partial charge in [0.15, 0.2) is 0 Å². The first-order chi connectivity index (χ1) is 14.9. The molecule has 4 rings (SSSR count). The van der Waals surface area contributed by atoms with Crippen LogP contribution in [0.3, 0.4) is 0 Å². The zero-order valence-electron chi connectivity index (χ0n) is 17.0. The van der Waals surface area contributed by atoms with E-state index in [9.17, 15) is 19.1 Å². The van der Waals surface area contributed by atoms with Crippen molar-refractivity contribution in [3.8, 4) is 5.75 Å². The largest absolute Gasteiger partial charge is 0.507 e. The Morgan fingerprint density at radius 1 is 1.16 bits per heavy atom. The highest BCUT2D eigenvalue weighted by Crippen LogP contribution is 2.42. The molecule has 0 saturated carbocycles. The second-order valence-electron chi connectivity index (χ2n) is 7.25. The lowest BCUT2D eigenvalue weighted by Crippen LogP contribution is -2.28. The molecule has 5 nitrogen and oxygen atoms in total. The molecule has 0 radical (unpaired) electrons. The molecule has 2 heterocycles. The minimum Gasteiger partial charge on any atom is -0.507 e. The van der Waals surface area contributed by atoms with Crippen molar-refractivity contribution < 1.29 is 23.8 Å². The van der Waals surface area contributed by atoms with Crippen molar-refractivity contribution in [2.45, 2.75) is 19.5 Å². The lowest BCUT2D eigenvalue weighted by atomic mass is 9.98. The molecule has 0 bridgehead atoms. The van der Waals surface area contributed by atoms with Gasteiger partial charge in [-0.1, -0.05) is 18.2 Å². The molecule has 1 unspecified atom stereocenters. The van der Waals surface area contributed by atoms with Gasteiger partial charge < -0.3 is 14.7 Å². The van der Waals surface area contributed by atoms with E-state index in [-0.39, 0.29) is 23.7 Å². The van der Waals surface area contributed by atoms with Crippen LogP contribution < -0.4 is 4.74 Å². The highest BCUT2D eigenvalue weighted by atomic mass is 32.1. The first kappa shape index (κ1) is 20.8. The minimum absolute atomic E-state index is 0.0409. The summed E-state index contributed by atoms with van der Waals surface area (Å²) in [5.74, 6) is -1.40. The molecule has 158 valence electrons.